The van der Waals surface area contributed by atoms with Gasteiger partial charge < -0.3 is 10.4 Å². The minimum atomic E-state index is -0.444. The van der Waals surface area contributed by atoms with Crippen molar-refractivity contribution in [3.63, 3.8) is 0 Å². The molecule has 2 N–H and O–H groups in total. The molecular formula is C9H21NO2. The Labute approximate surface area is 75.2 Å². The van der Waals surface area contributed by atoms with Crippen LogP contribution in [0, 0.1) is 0 Å². The average molecular weight is 175 g/mol. The maximum absolute atomic E-state index is 10.7. The maximum atomic E-state index is 10.7. The zero-order valence-electron chi connectivity index (χ0n) is 8.55. The molecule has 12 heavy (non-hydrogen) atoms. The molecule has 0 aromatic carbocycles. The van der Waals surface area contributed by atoms with E-state index in [2.05, 4.69) is 5.32 Å². The number of amides is 1. The standard InChI is InChI=1S/C7H15NO2.C2H6/c1-3-4-7(10)8-5-6(2)9;1-2/h6,9H,3-5H2,1-2H3,(H,8,10);1-2H3. The lowest BCUT2D eigenvalue weighted by atomic mass is 10.3. The van der Waals surface area contributed by atoms with Crippen molar-refractivity contribution in [1.29, 1.82) is 0 Å². The van der Waals surface area contributed by atoms with Crippen molar-refractivity contribution in [2.75, 3.05) is 6.54 Å². The molecule has 1 amide bonds. The van der Waals surface area contributed by atoms with E-state index >= 15 is 0 Å². The molecule has 0 spiro atoms. The van der Waals surface area contributed by atoms with Gasteiger partial charge in [0.05, 0.1) is 6.10 Å². The van der Waals surface area contributed by atoms with Gasteiger partial charge in [0.2, 0.25) is 5.91 Å². The molecular weight excluding hydrogens is 154 g/mol. The summed E-state index contributed by atoms with van der Waals surface area (Å²) in [4.78, 5) is 10.7. The van der Waals surface area contributed by atoms with Gasteiger partial charge in [-0.15, -0.1) is 0 Å². The van der Waals surface area contributed by atoms with Crippen LogP contribution >= 0.6 is 0 Å². The minimum absolute atomic E-state index is 0.0170. The molecule has 0 aliphatic carbocycles. The number of hydrogen-bond acceptors (Lipinski definition) is 2. The molecule has 1 atom stereocenters. The smallest absolute Gasteiger partial charge is 0.220 e. The molecule has 0 aliphatic heterocycles. The Morgan fingerprint density at radius 1 is 1.50 bits per heavy atom. The third-order valence-corrected chi connectivity index (χ3v) is 1.07. The predicted molar refractivity (Wildman–Crippen MR) is 50.9 cm³/mol. The molecule has 1 unspecified atom stereocenters. The van der Waals surface area contributed by atoms with E-state index in [1.165, 1.54) is 0 Å². The van der Waals surface area contributed by atoms with Crippen LogP contribution in [0.2, 0.25) is 0 Å². The van der Waals surface area contributed by atoms with Gasteiger partial charge in [-0.3, -0.25) is 4.79 Å². The molecule has 0 bridgehead atoms. The summed E-state index contributed by atoms with van der Waals surface area (Å²) in [5, 5.41) is 11.3. The van der Waals surface area contributed by atoms with E-state index in [1.54, 1.807) is 6.92 Å². The molecule has 0 rings (SSSR count). The van der Waals surface area contributed by atoms with E-state index < -0.39 is 6.10 Å². The Balaban J connectivity index is 0. The van der Waals surface area contributed by atoms with Crippen LogP contribution in [-0.2, 0) is 4.79 Å². The highest BCUT2D eigenvalue weighted by atomic mass is 16.3. The number of aliphatic hydroxyl groups excluding tert-OH is 1. The molecule has 0 radical (unpaired) electrons. The molecule has 0 saturated heterocycles. The van der Waals surface area contributed by atoms with Gasteiger partial charge >= 0.3 is 0 Å². The van der Waals surface area contributed by atoms with Crippen LogP contribution in [0.5, 0.6) is 0 Å². The molecule has 0 aromatic rings. The van der Waals surface area contributed by atoms with Gasteiger partial charge in [-0.1, -0.05) is 20.8 Å². The van der Waals surface area contributed by atoms with Crippen molar-refractivity contribution in [2.45, 2.75) is 46.6 Å². The lowest BCUT2D eigenvalue weighted by Gasteiger charge is -2.05. The predicted octanol–water partition coefficient (Wildman–Crippen LogP) is 1.31. The first kappa shape index (κ1) is 14.0. The highest BCUT2D eigenvalue weighted by Crippen LogP contribution is 1.85. The van der Waals surface area contributed by atoms with Crippen LogP contribution in [0.1, 0.15) is 40.5 Å². The van der Waals surface area contributed by atoms with E-state index in [0.29, 0.717) is 13.0 Å². The zero-order chi connectivity index (χ0) is 9.98. The van der Waals surface area contributed by atoms with E-state index in [-0.39, 0.29) is 5.91 Å². The largest absolute Gasteiger partial charge is 0.392 e. The van der Waals surface area contributed by atoms with Gasteiger partial charge in [-0.2, -0.15) is 0 Å². The number of carbonyl (C=O) groups is 1. The summed E-state index contributed by atoms with van der Waals surface area (Å²) in [5.74, 6) is 0.0170. The molecule has 3 heteroatoms. The summed E-state index contributed by atoms with van der Waals surface area (Å²) in [5.41, 5.74) is 0. The molecule has 0 saturated carbocycles. The molecule has 74 valence electrons. The summed E-state index contributed by atoms with van der Waals surface area (Å²) >= 11 is 0. The molecule has 0 heterocycles. The van der Waals surface area contributed by atoms with Gasteiger partial charge in [-0.25, -0.2) is 0 Å². The fourth-order valence-corrected chi connectivity index (χ4v) is 0.577. The Kier molecular flexibility index (Phi) is 12.2. The second kappa shape index (κ2) is 10.4. The lowest BCUT2D eigenvalue weighted by Crippen LogP contribution is -2.30. The second-order valence-corrected chi connectivity index (χ2v) is 2.40. The van der Waals surface area contributed by atoms with E-state index in [1.807, 2.05) is 20.8 Å². The third kappa shape index (κ3) is 12.1. The number of aliphatic hydroxyl groups is 1. The summed E-state index contributed by atoms with van der Waals surface area (Å²) in [6.07, 6.45) is 0.957. The van der Waals surface area contributed by atoms with Gasteiger partial charge in [0.15, 0.2) is 0 Å². The fraction of sp³-hybridized carbons (Fsp3) is 0.889. The summed E-state index contributed by atoms with van der Waals surface area (Å²) < 4.78 is 0. The highest BCUT2D eigenvalue weighted by Gasteiger charge is 1.99. The van der Waals surface area contributed by atoms with Crippen molar-refractivity contribution >= 4 is 5.91 Å². The lowest BCUT2D eigenvalue weighted by molar-refractivity contribution is -0.121. The molecule has 0 fully saturated rings. The molecule has 0 aliphatic rings. The SMILES string of the molecule is CC.CCCC(=O)NCC(C)O. The number of carbonyl (C=O) groups excluding carboxylic acids is 1. The van der Waals surface area contributed by atoms with Crippen molar-refractivity contribution in [2.24, 2.45) is 0 Å². The van der Waals surface area contributed by atoms with Crippen LogP contribution in [0.3, 0.4) is 0 Å². The van der Waals surface area contributed by atoms with Gasteiger partial charge in [0, 0.05) is 13.0 Å². The van der Waals surface area contributed by atoms with E-state index in [4.69, 9.17) is 5.11 Å². The first-order chi connectivity index (χ1) is 5.66. The Morgan fingerprint density at radius 2 is 2.00 bits per heavy atom. The van der Waals surface area contributed by atoms with Gasteiger partial charge in [-0.05, 0) is 13.3 Å². The highest BCUT2D eigenvalue weighted by molar-refractivity contribution is 5.75. The number of hydrogen-bond donors (Lipinski definition) is 2. The zero-order valence-corrected chi connectivity index (χ0v) is 8.55. The fourth-order valence-electron chi connectivity index (χ4n) is 0.577. The van der Waals surface area contributed by atoms with Crippen molar-refractivity contribution in [1.82, 2.24) is 5.32 Å². The number of rotatable bonds is 4. The normalized spacial score (nSPS) is 11.1. The minimum Gasteiger partial charge on any atom is -0.392 e. The third-order valence-electron chi connectivity index (χ3n) is 1.07. The summed E-state index contributed by atoms with van der Waals surface area (Å²) in [7, 11) is 0. The van der Waals surface area contributed by atoms with Gasteiger partial charge in [0.25, 0.3) is 0 Å². The monoisotopic (exact) mass is 175 g/mol. The first-order valence-electron chi connectivity index (χ1n) is 4.61. The molecule has 3 nitrogen and oxygen atoms in total. The van der Waals surface area contributed by atoms with Crippen LogP contribution in [0.25, 0.3) is 0 Å². The summed E-state index contributed by atoms with van der Waals surface area (Å²) in [6.45, 7) is 7.95. The van der Waals surface area contributed by atoms with Crippen molar-refractivity contribution < 1.29 is 9.90 Å². The number of nitrogens with one attached hydrogen (secondary N) is 1. The van der Waals surface area contributed by atoms with Crippen molar-refractivity contribution in [3.05, 3.63) is 0 Å². The first-order valence-corrected chi connectivity index (χ1v) is 4.61. The summed E-state index contributed by atoms with van der Waals surface area (Å²) in [6, 6.07) is 0. The van der Waals surface area contributed by atoms with Crippen LogP contribution < -0.4 is 5.32 Å². The van der Waals surface area contributed by atoms with Crippen LogP contribution in [0.4, 0.5) is 0 Å². The topological polar surface area (TPSA) is 49.3 Å². The van der Waals surface area contributed by atoms with E-state index in [9.17, 15) is 4.79 Å². The Hall–Kier alpha value is -0.570. The maximum Gasteiger partial charge on any atom is 0.220 e. The van der Waals surface area contributed by atoms with Crippen LogP contribution in [0.15, 0.2) is 0 Å². The second-order valence-electron chi connectivity index (χ2n) is 2.40. The Bertz CT molecular complexity index is 103. The quantitative estimate of drug-likeness (QED) is 0.677. The average Bonchev–Trinajstić information content (AvgIpc) is 2.05. The molecule has 0 aromatic heterocycles. The van der Waals surface area contributed by atoms with E-state index in [0.717, 1.165) is 6.42 Å². The van der Waals surface area contributed by atoms with Crippen LogP contribution in [-0.4, -0.2) is 23.7 Å². The van der Waals surface area contributed by atoms with Gasteiger partial charge in [0.1, 0.15) is 0 Å². The van der Waals surface area contributed by atoms with Crippen molar-refractivity contribution in [3.8, 4) is 0 Å². The Morgan fingerprint density at radius 3 is 2.33 bits per heavy atom.